The molecule has 2 aromatic rings. The minimum atomic E-state index is -2.68. The maximum Gasteiger partial charge on any atom is 0.408 e. The van der Waals surface area contributed by atoms with Gasteiger partial charge in [0.2, 0.25) is 5.92 Å². The van der Waals surface area contributed by atoms with Gasteiger partial charge in [0, 0.05) is 12.8 Å². The van der Waals surface area contributed by atoms with Gasteiger partial charge in [-0.1, -0.05) is 0 Å². The first kappa shape index (κ1) is 23.4. The first-order valence-electron chi connectivity index (χ1n) is 11.3. The topological polar surface area (TPSA) is 118 Å². The van der Waals surface area contributed by atoms with Crippen LogP contribution in [-0.2, 0) is 4.74 Å². The standard InChI is InChI=1S/C23H30F2N6O2/c1-21(2,3)33-20(32)30-18(14-4-6-23(24,25)7-5-14)16-12-31-17(29-16)10-15(11-28-31)19(27)22(13-26)8-9-22/h10-12,14,18-19H,4-9,27H2,1-3H3,(H,30,32)/t18-,19-/m0/s1. The van der Waals surface area contributed by atoms with Crippen LogP contribution in [0.15, 0.2) is 18.5 Å². The zero-order chi connectivity index (χ0) is 24.0. The van der Waals surface area contributed by atoms with Crippen LogP contribution in [-0.4, -0.2) is 32.2 Å². The molecule has 2 fully saturated rings. The van der Waals surface area contributed by atoms with Gasteiger partial charge in [-0.05, 0) is 64.0 Å². The van der Waals surface area contributed by atoms with E-state index in [2.05, 4.69) is 21.5 Å². The third kappa shape index (κ3) is 5.08. The van der Waals surface area contributed by atoms with Crippen LogP contribution in [0.5, 0.6) is 0 Å². The third-order valence-corrected chi connectivity index (χ3v) is 6.55. The molecule has 0 radical (unpaired) electrons. The van der Waals surface area contributed by atoms with Crippen molar-refractivity contribution in [3.8, 4) is 6.07 Å². The van der Waals surface area contributed by atoms with E-state index in [0.717, 1.165) is 12.8 Å². The van der Waals surface area contributed by atoms with Gasteiger partial charge in [-0.2, -0.15) is 10.4 Å². The molecular weight excluding hydrogens is 430 g/mol. The van der Waals surface area contributed by atoms with E-state index in [1.165, 1.54) is 0 Å². The van der Waals surface area contributed by atoms with Gasteiger partial charge in [-0.25, -0.2) is 23.1 Å². The number of hydrogen-bond donors (Lipinski definition) is 2. The molecule has 0 spiro atoms. The Bertz CT molecular complexity index is 1070. The summed E-state index contributed by atoms with van der Waals surface area (Å²) in [7, 11) is 0. The normalized spacial score (nSPS) is 21.7. The molecule has 2 aliphatic carbocycles. The van der Waals surface area contributed by atoms with E-state index in [1.807, 2.05) is 0 Å². The number of halogens is 2. The fourth-order valence-corrected chi connectivity index (χ4v) is 4.44. The highest BCUT2D eigenvalue weighted by Gasteiger charge is 2.49. The van der Waals surface area contributed by atoms with E-state index in [4.69, 9.17) is 10.5 Å². The number of alkyl carbamates (subject to hydrolysis) is 1. The largest absolute Gasteiger partial charge is 0.444 e. The number of carbonyl (C=O) groups excluding carboxylic acids is 1. The van der Waals surface area contributed by atoms with Crippen molar-refractivity contribution in [2.45, 2.75) is 82.9 Å². The lowest BCUT2D eigenvalue weighted by molar-refractivity contribution is -0.0500. The quantitative estimate of drug-likeness (QED) is 0.682. The van der Waals surface area contributed by atoms with Gasteiger partial charge in [0.05, 0.1) is 41.7 Å². The fraction of sp³-hybridized carbons (Fsp3) is 0.652. The lowest BCUT2D eigenvalue weighted by Gasteiger charge is -2.33. The highest BCUT2D eigenvalue weighted by molar-refractivity contribution is 5.68. The van der Waals surface area contributed by atoms with Crippen LogP contribution in [0, 0.1) is 22.7 Å². The Labute approximate surface area is 191 Å². The van der Waals surface area contributed by atoms with Crippen molar-refractivity contribution >= 4 is 11.7 Å². The van der Waals surface area contributed by atoms with Gasteiger partial charge in [0.25, 0.3) is 0 Å². The number of nitrogens with two attached hydrogens (primary N) is 1. The first-order valence-corrected chi connectivity index (χ1v) is 11.3. The number of imidazole rings is 1. The van der Waals surface area contributed by atoms with Gasteiger partial charge in [-0.15, -0.1) is 0 Å². The summed E-state index contributed by atoms with van der Waals surface area (Å²) < 4.78 is 34.5. The van der Waals surface area contributed by atoms with Crippen LogP contribution in [0.4, 0.5) is 13.6 Å². The van der Waals surface area contributed by atoms with Gasteiger partial charge in [0.15, 0.2) is 5.65 Å². The monoisotopic (exact) mass is 460 g/mol. The molecule has 178 valence electrons. The maximum absolute atomic E-state index is 13.8. The Morgan fingerprint density at radius 2 is 2.00 bits per heavy atom. The number of fused-ring (bicyclic) bond motifs is 1. The van der Waals surface area contributed by atoms with E-state index >= 15 is 0 Å². The Morgan fingerprint density at radius 3 is 2.58 bits per heavy atom. The molecule has 8 nitrogen and oxygen atoms in total. The van der Waals surface area contributed by atoms with Crippen molar-refractivity contribution in [1.29, 1.82) is 5.26 Å². The number of rotatable bonds is 5. The van der Waals surface area contributed by atoms with Gasteiger partial charge < -0.3 is 15.8 Å². The second kappa shape index (κ2) is 8.20. The van der Waals surface area contributed by atoms with E-state index in [1.54, 1.807) is 43.7 Å². The van der Waals surface area contributed by atoms with Crippen LogP contribution < -0.4 is 11.1 Å². The van der Waals surface area contributed by atoms with Crippen LogP contribution >= 0.6 is 0 Å². The molecule has 4 rings (SSSR count). The molecule has 0 aromatic carbocycles. The Hall–Kier alpha value is -2.80. The van der Waals surface area contributed by atoms with E-state index < -0.39 is 35.1 Å². The predicted octanol–water partition coefficient (Wildman–Crippen LogP) is 4.42. The Kier molecular flexibility index (Phi) is 5.81. The number of hydrogen-bond acceptors (Lipinski definition) is 6. The number of carbonyl (C=O) groups is 1. The maximum atomic E-state index is 13.8. The molecule has 33 heavy (non-hydrogen) atoms. The van der Waals surface area contributed by atoms with Crippen molar-refractivity contribution in [3.05, 3.63) is 29.7 Å². The summed E-state index contributed by atoms with van der Waals surface area (Å²) in [6, 6.07) is 3.04. The summed E-state index contributed by atoms with van der Waals surface area (Å²) in [6.45, 7) is 5.28. The number of ether oxygens (including phenoxy) is 1. The van der Waals surface area contributed by atoms with Crippen LogP contribution in [0.3, 0.4) is 0 Å². The van der Waals surface area contributed by atoms with E-state index in [9.17, 15) is 18.8 Å². The molecule has 10 heteroatoms. The summed E-state index contributed by atoms with van der Waals surface area (Å²) in [6.07, 6.45) is 4.26. The van der Waals surface area contributed by atoms with Crippen LogP contribution in [0.25, 0.3) is 5.65 Å². The molecule has 2 heterocycles. The molecule has 0 saturated heterocycles. The third-order valence-electron chi connectivity index (χ3n) is 6.55. The lowest BCUT2D eigenvalue weighted by Crippen LogP contribution is -2.40. The summed E-state index contributed by atoms with van der Waals surface area (Å²) >= 11 is 0. The van der Waals surface area contributed by atoms with Crippen LogP contribution in [0.1, 0.15) is 82.6 Å². The smallest absolute Gasteiger partial charge is 0.408 e. The zero-order valence-corrected chi connectivity index (χ0v) is 19.1. The first-order chi connectivity index (χ1) is 15.4. The van der Waals surface area contributed by atoms with Gasteiger partial charge in [-0.3, -0.25) is 0 Å². The molecule has 1 amide bonds. The van der Waals surface area contributed by atoms with Crippen molar-refractivity contribution < 1.29 is 18.3 Å². The fourth-order valence-electron chi connectivity index (χ4n) is 4.44. The van der Waals surface area contributed by atoms with E-state index in [0.29, 0.717) is 16.9 Å². The van der Waals surface area contributed by atoms with Crippen molar-refractivity contribution in [2.75, 3.05) is 0 Å². The Morgan fingerprint density at radius 1 is 1.33 bits per heavy atom. The van der Waals surface area contributed by atoms with E-state index in [-0.39, 0.29) is 31.6 Å². The highest BCUT2D eigenvalue weighted by atomic mass is 19.3. The molecule has 0 unspecified atom stereocenters. The molecule has 2 aromatic heterocycles. The number of aromatic nitrogens is 3. The SMILES string of the molecule is CC(C)(C)OC(=O)N[C@H](c1cn2ncc([C@H](N)C3(C#N)CC3)cc2n1)C1CCC(F)(F)CC1. The minimum Gasteiger partial charge on any atom is -0.444 e. The minimum absolute atomic E-state index is 0.211. The second-order valence-electron chi connectivity index (χ2n) is 10.3. The number of alkyl halides is 2. The molecule has 2 aliphatic rings. The molecule has 2 saturated carbocycles. The number of nitrogens with zero attached hydrogens (tertiary/aromatic N) is 4. The summed E-state index contributed by atoms with van der Waals surface area (Å²) in [4.78, 5) is 17.2. The zero-order valence-electron chi connectivity index (χ0n) is 19.1. The second-order valence-corrected chi connectivity index (χ2v) is 10.3. The molecule has 2 atom stereocenters. The average Bonchev–Trinajstić information content (AvgIpc) is 3.42. The molecule has 3 N–H and O–H groups in total. The predicted molar refractivity (Wildman–Crippen MR) is 116 cm³/mol. The number of nitrogens with one attached hydrogen (secondary N) is 1. The Balaban J connectivity index is 1.62. The summed E-state index contributed by atoms with van der Waals surface area (Å²) in [5.74, 6) is -2.89. The van der Waals surface area contributed by atoms with Crippen molar-refractivity contribution in [1.82, 2.24) is 19.9 Å². The molecule has 0 bridgehead atoms. The van der Waals surface area contributed by atoms with Gasteiger partial charge >= 0.3 is 6.09 Å². The molecular formula is C23H30F2N6O2. The number of nitriles is 1. The lowest BCUT2D eigenvalue weighted by atomic mass is 9.81. The summed E-state index contributed by atoms with van der Waals surface area (Å²) in [5, 5.41) is 16.7. The van der Waals surface area contributed by atoms with Crippen LogP contribution in [0.2, 0.25) is 0 Å². The van der Waals surface area contributed by atoms with Gasteiger partial charge in [0.1, 0.15) is 5.60 Å². The van der Waals surface area contributed by atoms with Crippen molar-refractivity contribution in [3.63, 3.8) is 0 Å². The summed E-state index contributed by atoms with van der Waals surface area (Å²) in [5.41, 5.74) is 6.84. The van der Waals surface area contributed by atoms with Crippen molar-refractivity contribution in [2.24, 2.45) is 17.1 Å². The molecule has 0 aliphatic heterocycles. The number of amides is 1. The average molecular weight is 461 g/mol. The highest BCUT2D eigenvalue weighted by Crippen LogP contribution is 2.53.